The zero-order chi connectivity index (χ0) is 14.2. The maximum Gasteiger partial charge on any atom is 0.182 e. The van der Waals surface area contributed by atoms with E-state index in [0.29, 0.717) is 0 Å². The van der Waals surface area contributed by atoms with E-state index in [4.69, 9.17) is 5.73 Å². The minimum atomic E-state index is 0.733. The Morgan fingerprint density at radius 3 is 2.70 bits per heavy atom. The topological polar surface area (TPSA) is 69.6 Å². The van der Waals surface area contributed by atoms with Crippen LogP contribution >= 0.6 is 0 Å². The lowest BCUT2D eigenvalue weighted by molar-refractivity contribution is 0.519. The van der Waals surface area contributed by atoms with Crippen LogP contribution in [0.1, 0.15) is 45.4 Å². The maximum absolute atomic E-state index is 5.81. The molecule has 5 heteroatoms. The third-order valence-electron chi connectivity index (χ3n) is 3.40. The highest BCUT2D eigenvalue weighted by Gasteiger charge is 2.08. The molecule has 20 heavy (non-hydrogen) atoms. The monoisotopic (exact) mass is 273 g/mol. The van der Waals surface area contributed by atoms with Gasteiger partial charge in [-0.05, 0) is 29.0 Å². The van der Waals surface area contributed by atoms with Crippen LogP contribution in [0.2, 0.25) is 0 Å². The molecule has 0 radical (unpaired) electrons. The molecule has 1 heterocycles. The lowest BCUT2D eigenvalue weighted by atomic mass is 10.1. The number of hydrogen-bond donors (Lipinski definition) is 1. The van der Waals surface area contributed by atoms with Crippen molar-refractivity contribution in [3.8, 4) is 11.4 Å². The summed E-state index contributed by atoms with van der Waals surface area (Å²) in [7, 11) is 0. The average Bonchev–Trinajstić information content (AvgIpc) is 2.91. The van der Waals surface area contributed by atoms with Gasteiger partial charge in [0, 0.05) is 17.8 Å². The van der Waals surface area contributed by atoms with Crippen molar-refractivity contribution in [2.45, 2.75) is 52.0 Å². The largest absolute Gasteiger partial charge is 0.399 e. The first-order chi connectivity index (χ1) is 9.81. The first-order valence-electron chi connectivity index (χ1n) is 7.43. The smallest absolute Gasteiger partial charge is 0.182 e. The Kier molecular flexibility index (Phi) is 5.53. The van der Waals surface area contributed by atoms with Gasteiger partial charge in [0.25, 0.3) is 0 Å². The van der Waals surface area contributed by atoms with Crippen molar-refractivity contribution >= 4 is 5.69 Å². The van der Waals surface area contributed by atoms with Crippen LogP contribution < -0.4 is 5.73 Å². The third kappa shape index (κ3) is 4.05. The van der Waals surface area contributed by atoms with Crippen LogP contribution in [-0.4, -0.2) is 20.2 Å². The zero-order valence-corrected chi connectivity index (χ0v) is 12.1. The number of nitrogen functional groups attached to an aromatic ring is 1. The molecule has 5 nitrogen and oxygen atoms in total. The zero-order valence-electron chi connectivity index (χ0n) is 12.1. The minimum absolute atomic E-state index is 0.733. The molecule has 0 aliphatic heterocycles. The van der Waals surface area contributed by atoms with Crippen molar-refractivity contribution < 1.29 is 0 Å². The quantitative estimate of drug-likeness (QED) is 0.592. The van der Waals surface area contributed by atoms with E-state index in [1.54, 1.807) is 0 Å². The molecule has 0 fully saturated rings. The van der Waals surface area contributed by atoms with Crippen molar-refractivity contribution in [3.63, 3.8) is 0 Å². The van der Waals surface area contributed by atoms with Gasteiger partial charge >= 0.3 is 0 Å². The number of nitrogens with zero attached hydrogens (tertiary/aromatic N) is 4. The average molecular weight is 273 g/mol. The Morgan fingerprint density at radius 2 is 1.90 bits per heavy atom. The van der Waals surface area contributed by atoms with E-state index < -0.39 is 0 Å². The van der Waals surface area contributed by atoms with E-state index in [0.717, 1.165) is 30.0 Å². The van der Waals surface area contributed by atoms with E-state index in [-0.39, 0.29) is 0 Å². The van der Waals surface area contributed by atoms with Crippen LogP contribution in [0.4, 0.5) is 5.69 Å². The van der Waals surface area contributed by atoms with Crippen LogP contribution in [0, 0.1) is 0 Å². The number of tetrazole rings is 1. The van der Waals surface area contributed by atoms with Crippen molar-refractivity contribution in [1.82, 2.24) is 20.2 Å². The molecule has 0 saturated carbocycles. The summed E-state index contributed by atoms with van der Waals surface area (Å²) in [6, 6.07) is 7.68. The second kappa shape index (κ2) is 7.62. The summed E-state index contributed by atoms with van der Waals surface area (Å²) in [5.74, 6) is 0.797. The van der Waals surface area contributed by atoms with E-state index in [1.165, 1.54) is 32.1 Å². The number of unbranched alkanes of at least 4 members (excludes halogenated alkanes) is 5. The van der Waals surface area contributed by atoms with Crippen LogP contribution in [-0.2, 0) is 6.54 Å². The molecule has 2 N–H and O–H groups in total. The number of hydrogen-bond acceptors (Lipinski definition) is 4. The summed E-state index contributed by atoms with van der Waals surface area (Å²) < 4.78 is 1.87. The fourth-order valence-corrected chi connectivity index (χ4v) is 2.28. The standard InChI is InChI=1S/C15H23N5/c1-2-3-4-5-6-7-11-20-15(17-18-19-20)13-9-8-10-14(16)12-13/h8-10,12H,2-7,11,16H2,1H3. The van der Waals surface area contributed by atoms with E-state index in [1.807, 2.05) is 28.9 Å². The molecule has 0 atom stereocenters. The number of anilines is 1. The first-order valence-corrected chi connectivity index (χ1v) is 7.43. The van der Waals surface area contributed by atoms with Crippen LogP contribution in [0.3, 0.4) is 0 Å². The highest BCUT2D eigenvalue weighted by Crippen LogP contribution is 2.18. The molecule has 1 aromatic carbocycles. The molecule has 0 amide bonds. The highest BCUT2D eigenvalue weighted by atomic mass is 15.5. The molecule has 2 aromatic rings. The number of rotatable bonds is 8. The van der Waals surface area contributed by atoms with Crippen molar-refractivity contribution in [1.29, 1.82) is 0 Å². The van der Waals surface area contributed by atoms with Gasteiger partial charge < -0.3 is 5.73 Å². The fraction of sp³-hybridized carbons (Fsp3) is 0.533. The molecular formula is C15H23N5. The van der Waals surface area contributed by atoms with Crippen molar-refractivity contribution in [3.05, 3.63) is 24.3 Å². The minimum Gasteiger partial charge on any atom is -0.399 e. The van der Waals surface area contributed by atoms with Gasteiger partial charge in [-0.1, -0.05) is 51.2 Å². The Morgan fingerprint density at radius 1 is 1.10 bits per heavy atom. The molecule has 0 saturated heterocycles. The van der Waals surface area contributed by atoms with E-state index in [2.05, 4.69) is 22.4 Å². The molecule has 108 valence electrons. The molecule has 2 rings (SSSR count). The van der Waals surface area contributed by atoms with Crippen LogP contribution in [0.15, 0.2) is 24.3 Å². The van der Waals surface area contributed by atoms with Gasteiger partial charge in [-0.15, -0.1) is 5.10 Å². The Bertz CT molecular complexity index is 520. The van der Waals surface area contributed by atoms with E-state index >= 15 is 0 Å². The Hall–Kier alpha value is -1.91. The fourth-order valence-electron chi connectivity index (χ4n) is 2.28. The van der Waals surface area contributed by atoms with Crippen LogP contribution in [0.5, 0.6) is 0 Å². The van der Waals surface area contributed by atoms with Gasteiger partial charge in [0.2, 0.25) is 0 Å². The molecular weight excluding hydrogens is 250 g/mol. The molecule has 1 aromatic heterocycles. The lowest BCUT2D eigenvalue weighted by Gasteiger charge is -2.05. The number of nitrogens with two attached hydrogens (primary N) is 1. The summed E-state index contributed by atoms with van der Waals surface area (Å²) in [6.07, 6.45) is 7.59. The summed E-state index contributed by atoms with van der Waals surface area (Å²) in [5.41, 5.74) is 7.51. The highest BCUT2D eigenvalue weighted by molar-refractivity contribution is 5.60. The van der Waals surface area contributed by atoms with Gasteiger partial charge in [0.1, 0.15) is 0 Å². The second-order valence-electron chi connectivity index (χ2n) is 5.12. The van der Waals surface area contributed by atoms with Crippen LogP contribution in [0.25, 0.3) is 11.4 Å². The summed E-state index contributed by atoms with van der Waals surface area (Å²) in [5, 5.41) is 12.0. The van der Waals surface area contributed by atoms with Gasteiger partial charge in [0.05, 0.1) is 0 Å². The predicted molar refractivity (Wildman–Crippen MR) is 81.0 cm³/mol. The predicted octanol–water partition coefficient (Wildman–Crippen LogP) is 3.28. The number of aromatic nitrogens is 4. The SMILES string of the molecule is CCCCCCCCn1nnnc1-c1cccc(N)c1. The molecule has 0 aliphatic carbocycles. The van der Waals surface area contributed by atoms with Crippen molar-refractivity contribution in [2.24, 2.45) is 0 Å². The van der Waals surface area contributed by atoms with Gasteiger partial charge in [-0.3, -0.25) is 0 Å². The normalized spacial score (nSPS) is 10.8. The maximum atomic E-state index is 5.81. The molecule has 0 bridgehead atoms. The van der Waals surface area contributed by atoms with E-state index in [9.17, 15) is 0 Å². The van der Waals surface area contributed by atoms with Crippen molar-refractivity contribution in [2.75, 3.05) is 5.73 Å². The molecule has 0 unspecified atom stereocenters. The van der Waals surface area contributed by atoms with Gasteiger partial charge in [-0.2, -0.15) is 0 Å². The number of benzene rings is 1. The number of aryl methyl sites for hydroxylation is 1. The molecule has 0 spiro atoms. The summed E-state index contributed by atoms with van der Waals surface area (Å²) in [6.45, 7) is 3.10. The second-order valence-corrected chi connectivity index (χ2v) is 5.12. The Balaban J connectivity index is 1.89. The summed E-state index contributed by atoms with van der Waals surface area (Å²) >= 11 is 0. The first kappa shape index (κ1) is 14.5. The lowest BCUT2D eigenvalue weighted by Crippen LogP contribution is -2.03. The third-order valence-corrected chi connectivity index (χ3v) is 3.40. The molecule has 0 aliphatic rings. The summed E-state index contributed by atoms with van der Waals surface area (Å²) in [4.78, 5) is 0. The van der Waals surface area contributed by atoms with Gasteiger partial charge in [-0.25, -0.2) is 4.68 Å². The Labute approximate surface area is 120 Å². The van der Waals surface area contributed by atoms with Gasteiger partial charge in [0.15, 0.2) is 5.82 Å².